The molecule has 0 aromatic rings. The van der Waals surface area contributed by atoms with Crippen molar-refractivity contribution >= 4 is 0 Å². The van der Waals surface area contributed by atoms with Crippen LogP contribution in [-0.4, -0.2) is 36.1 Å². The van der Waals surface area contributed by atoms with E-state index >= 15 is 0 Å². The lowest BCUT2D eigenvalue weighted by atomic mass is 10.0. The van der Waals surface area contributed by atoms with Gasteiger partial charge in [0.2, 0.25) is 0 Å². The molecule has 0 spiro atoms. The van der Waals surface area contributed by atoms with Crippen molar-refractivity contribution in [1.82, 2.24) is 10.2 Å². The highest BCUT2D eigenvalue weighted by atomic mass is 15.2. The largest absolute Gasteiger partial charge is 0.300 e. The number of nitrogens with one attached hydrogen (secondary N) is 1. The molecule has 17 heavy (non-hydrogen) atoms. The fourth-order valence-electron chi connectivity index (χ4n) is 2.41. The minimum Gasteiger partial charge on any atom is -0.300 e. The van der Waals surface area contributed by atoms with Crippen LogP contribution in [0.25, 0.3) is 0 Å². The Hall–Kier alpha value is -0.590. The van der Waals surface area contributed by atoms with Crippen LogP contribution in [0.2, 0.25) is 0 Å². The molecule has 0 aliphatic heterocycles. The van der Waals surface area contributed by atoms with Gasteiger partial charge in [0.25, 0.3) is 0 Å². The normalized spacial score (nSPS) is 19.4. The van der Waals surface area contributed by atoms with Gasteiger partial charge in [-0.15, -0.1) is 0 Å². The highest BCUT2D eigenvalue weighted by Gasteiger charge is 2.30. The van der Waals surface area contributed by atoms with Gasteiger partial charge < -0.3 is 4.90 Å². The first-order valence-corrected chi connectivity index (χ1v) is 6.90. The monoisotopic (exact) mass is 237 g/mol. The second-order valence-electron chi connectivity index (χ2n) is 5.92. The van der Waals surface area contributed by atoms with E-state index in [2.05, 4.69) is 37.1 Å². The average Bonchev–Trinajstić information content (AvgIpc) is 3.00. The highest BCUT2D eigenvalue weighted by Crippen LogP contribution is 2.30. The zero-order valence-corrected chi connectivity index (χ0v) is 11.8. The summed E-state index contributed by atoms with van der Waals surface area (Å²) in [5.74, 6) is 0.892. The molecule has 1 fully saturated rings. The van der Waals surface area contributed by atoms with E-state index in [4.69, 9.17) is 0 Å². The molecular weight excluding hydrogens is 210 g/mol. The Kier molecular flexibility index (Phi) is 5.42. The molecule has 1 aliphatic carbocycles. The van der Waals surface area contributed by atoms with E-state index in [9.17, 15) is 5.26 Å². The van der Waals surface area contributed by atoms with Gasteiger partial charge in [-0.25, -0.2) is 0 Å². The first kappa shape index (κ1) is 14.5. The minimum absolute atomic E-state index is 0.351. The number of nitrogens with zero attached hydrogens (tertiary/aromatic N) is 2. The highest BCUT2D eigenvalue weighted by molar-refractivity contribution is 5.06. The van der Waals surface area contributed by atoms with Crippen LogP contribution >= 0.6 is 0 Å². The van der Waals surface area contributed by atoms with Crippen molar-refractivity contribution in [2.24, 2.45) is 5.92 Å². The summed E-state index contributed by atoms with van der Waals surface area (Å²) < 4.78 is 0. The number of nitriles is 1. The van der Waals surface area contributed by atoms with Crippen LogP contribution in [0.3, 0.4) is 0 Å². The predicted octanol–water partition coefficient (Wildman–Crippen LogP) is 2.39. The molecule has 1 N–H and O–H groups in total. The van der Waals surface area contributed by atoms with Crippen molar-refractivity contribution in [1.29, 1.82) is 5.26 Å². The molecule has 1 unspecified atom stereocenters. The van der Waals surface area contributed by atoms with Gasteiger partial charge in [-0.2, -0.15) is 5.26 Å². The Bertz CT molecular complexity index is 265. The lowest BCUT2D eigenvalue weighted by molar-refractivity contribution is 0.206. The molecule has 98 valence electrons. The van der Waals surface area contributed by atoms with Crippen LogP contribution in [0.4, 0.5) is 0 Å². The zero-order valence-electron chi connectivity index (χ0n) is 11.8. The molecule has 0 saturated heterocycles. The Morgan fingerprint density at radius 1 is 1.47 bits per heavy atom. The van der Waals surface area contributed by atoms with Crippen LogP contribution in [0.5, 0.6) is 0 Å². The van der Waals surface area contributed by atoms with E-state index in [0.29, 0.717) is 6.04 Å². The topological polar surface area (TPSA) is 39.1 Å². The van der Waals surface area contributed by atoms with Crippen molar-refractivity contribution < 1.29 is 0 Å². The fourth-order valence-corrected chi connectivity index (χ4v) is 2.41. The van der Waals surface area contributed by atoms with E-state index in [-0.39, 0.29) is 0 Å². The number of hydrogen-bond donors (Lipinski definition) is 1. The molecule has 0 amide bonds. The first-order valence-electron chi connectivity index (χ1n) is 6.90. The maximum absolute atomic E-state index is 9.36. The third-order valence-corrected chi connectivity index (χ3v) is 3.15. The Morgan fingerprint density at radius 2 is 2.12 bits per heavy atom. The fraction of sp³-hybridized carbons (Fsp3) is 0.929. The summed E-state index contributed by atoms with van der Waals surface area (Å²) in [6, 6.07) is 2.79. The van der Waals surface area contributed by atoms with Crippen LogP contribution in [0.15, 0.2) is 0 Å². The zero-order chi connectivity index (χ0) is 12.9. The lowest BCUT2D eigenvalue weighted by Gasteiger charge is -2.32. The van der Waals surface area contributed by atoms with Gasteiger partial charge in [-0.1, -0.05) is 6.92 Å². The van der Waals surface area contributed by atoms with Crippen molar-refractivity contribution in [2.75, 3.05) is 19.6 Å². The second kappa shape index (κ2) is 6.37. The number of rotatable bonds is 8. The van der Waals surface area contributed by atoms with Crippen molar-refractivity contribution in [3.63, 3.8) is 0 Å². The maximum Gasteiger partial charge on any atom is 0.116 e. The molecule has 0 radical (unpaired) electrons. The van der Waals surface area contributed by atoms with Gasteiger partial charge in [0, 0.05) is 19.1 Å². The van der Waals surface area contributed by atoms with Crippen LogP contribution in [0.1, 0.15) is 47.0 Å². The molecule has 0 aromatic carbocycles. The second-order valence-corrected chi connectivity index (χ2v) is 5.92. The van der Waals surface area contributed by atoms with Crippen molar-refractivity contribution in [3.8, 4) is 6.07 Å². The SMILES string of the molecule is CCCN(CC1CC1)CC(C)(C#N)NC(C)C. The predicted molar refractivity (Wildman–Crippen MR) is 71.7 cm³/mol. The summed E-state index contributed by atoms with van der Waals surface area (Å²) in [5.41, 5.74) is -0.418. The third kappa shape index (κ3) is 5.52. The van der Waals surface area contributed by atoms with Gasteiger partial charge >= 0.3 is 0 Å². The summed E-state index contributed by atoms with van der Waals surface area (Å²) >= 11 is 0. The Balaban J connectivity index is 2.51. The average molecular weight is 237 g/mol. The van der Waals surface area contributed by atoms with Crippen LogP contribution in [0, 0.1) is 17.2 Å². The van der Waals surface area contributed by atoms with Gasteiger partial charge in [-0.3, -0.25) is 5.32 Å². The molecule has 3 heteroatoms. The summed E-state index contributed by atoms with van der Waals surface area (Å²) in [7, 11) is 0. The minimum atomic E-state index is -0.418. The van der Waals surface area contributed by atoms with E-state index in [1.54, 1.807) is 0 Å². The van der Waals surface area contributed by atoms with Gasteiger partial charge in [0.15, 0.2) is 0 Å². The van der Waals surface area contributed by atoms with Crippen LogP contribution in [-0.2, 0) is 0 Å². The standard InChI is InChI=1S/C14H27N3/c1-5-8-17(9-13-6-7-13)11-14(4,10-15)16-12(2)3/h12-13,16H,5-9,11H2,1-4H3. The number of hydrogen-bond acceptors (Lipinski definition) is 3. The Morgan fingerprint density at radius 3 is 2.53 bits per heavy atom. The van der Waals surface area contributed by atoms with Gasteiger partial charge in [0.1, 0.15) is 5.54 Å². The van der Waals surface area contributed by atoms with Gasteiger partial charge in [0.05, 0.1) is 6.07 Å². The summed E-state index contributed by atoms with van der Waals surface area (Å²) in [5, 5.41) is 12.7. The molecule has 1 saturated carbocycles. The molecule has 1 rings (SSSR count). The van der Waals surface area contributed by atoms with E-state index in [0.717, 1.165) is 25.4 Å². The smallest absolute Gasteiger partial charge is 0.116 e. The van der Waals surface area contributed by atoms with E-state index < -0.39 is 5.54 Å². The Labute approximate surface area is 106 Å². The van der Waals surface area contributed by atoms with E-state index in [1.165, 1.54) is 19.4 Å². The van der Waals surface area contributed by atoms with Crippen molar-refractivity contribution in [3.05, 3.63) is 0 Å². The molecule has 3 nitrogen and oxygen atoms in total. The summed E-state index contributed by atoms with van der Waals surface area (Å²) in [4.78, 5) is 2.45. The summed E-state index contributed by atoms with van der Waals surface area (Å²) in [6.45, 7) is 11.5. The maximum atomic E-state index is 9.36. The molecule has 0 bridgehead atoms. The quantitative estimate of drug-likeness (QED) is 0.704. The summed E-state index contributed by atoms with van der Waals surface area (Å²) in [6.07, 6.45) is 3.91. The van der Waals surface area contributed by atoms with E-state index in [1.807, 2.05) is 6.92 Å². The van der Waals surface area contributed by atoms with Crippen molar-refractivity contribution in [2.45, 2.75) is 58.5 Å². The molecule has 1 aliphatic rings. The van der Waals surface area contributed by atoms with Gasteiger partial charge in [-0.05, 0) is 52.5 Å². The first-order chi connectivity index (χ1) is 7.99. The third-order valence-electron chi connectivity index (χ3n) is 3.15. The molecular formula is C14H27N3. The molecule has 0 heterocycles. The lowest BCUT2D eigenvalue weighted by Crippen LogP contribution is -2.53. The molecule has 0 aromatic heterocycles. The molecule has 1 atom stereocenters. The van der Waals surface area contributed by atoms with Crippen LogP contribution < -0.4 is 5.32 Å².